The number of para-hydroxylation sites is 1. The molecule has 2 N–H and O–H groups in total. The lowest BCUT2D eigenvalue weighted by atomic mass is 10.2. The van der Waals surface area contributed by atoms with Crippen LogP contribution in [0.5, 0.6) is 0 Å². The van der Waals surface area contributed by atoms with Crippen molar-refractivity contribution in [2.45, 2.75) is 17.6 Å². The zero-order chi connectivity index (χ0) is 20.8. The number of methoxy groups -OCH3 is 1. The van der Waals surface area contributed by atoms with Crippen molar-refractivity contribution in [1.29, 1.82) is 0 Å². The number of aliphatic hydroxyl groups excluding tert-OH is 1. The minimum Gasteiger partial charge on any atom is -0.466 e. The van der Waals surface area contributed by atoms with Crippen molar-refractivity contribution >= 4 is 29.3 Å². The third kappa shape index (κ3) is 4.99. The third-order valence-electron chi connectivity index (χ3n) is 4.62. The topological polar surface area (TPSA) is 78.9 Å². The fraction of sp³-hybridized carbons (Fsp3) is 0.273. The average molecular weight is 413 g/mol. The maximum Gasteiger partial charge on any atom is 0.337 e. The molecule has 7 heteroatoms. The monoisotopic (exact) mass is 412 g/mol. The second kappa shape index (κ2) is 9.62. The summed E-state index contributed by atoms with van der Waals surface area (Å²) in [5, 5.41) is 12.3. The van der Waals surface area contributed by atoms with Gasteiger partial charge in [0.25, 0.3) is 5.91 Å². The molecule has 2 aromatic carbocycles. The number of esters is 1. The van der Waals surface area contributed by atoms with Gasteiger partial charge in [-0.05, 0) is 24.6 Å². The van der Waals surface area contributed by atoms with E-state index < -0.39 is 5.97 Å². The fourth-order valence-corrected chi connectivity index (χ4v) is 3.99. The van der Waals surface area contributed by atoms with Gasteiger partial charge in [-0.2, -0.15) is 0 Å². The van der Waals surface area contributed by atoms with E-state index in [1.165, 1.54) is 23.1 Å². The van der Waals surface area contributed by atoms with Crippen molar-refractivity contribution in [3.05, 3.63) is 70.9 Å². The van der Waals surface area contributed by atoms with E-state index in [-0.39, 0.29) is 36.9 Å². The summed E-state index contributed by atoms with van der Waals surface area (Å²) in [7, 11) is 1.29. The highest BCUT2D eigenvalue weighted by atomic mass is 32.2. The van der Waals surface area contributed by atoms with Crippen LogP contribution >= 0.6 is 11.8 Å². The second-order valence-corrected chi connectivity index (χ2v) is 7.71. The van der Waals surface area contributed by atoms with Crippen molar-refractivity contribution in [2.24, 2.45) is 0 Å². The van der Waals surface area contributed by atoms with Gasteiger partial charge in [-0.3, -0.25) is 4.79 Å². The van der Waals surface area contributed by atoms with E-state index in [0.29, 0.717) is 0 Å². The van der Waals surface area contributed by atoms with Crippen molar-refractivity contribution in [2.75, 3.05) is 32.1 Å². The van der Waals surface area contributed by atoms with E-state index in [1.807, 2.05) is 24.3 Å². The van der Waals surface area contributed by atoms with Gasteiger partial charge in [-0.1, -0.05) is 42.0 Å². The summed E-state index contributed by atoms with van der Waals surface area (Å²) in [5.41, 5.74) is 3.64. The molecule has 0 atom stereocenters. The maximum atomic E-state index is 12.7. The summed E-state index contributed by atoms with van der Waals surface area (Å²) in [6.45, 7) is 2.17. The highest BCUT2D eigenvalue weighted by Crippen LogP contribution is 2.32. The number of anilines is 1. The fourth-order valence-electron chi connectivity index (χ4n) is 3.02. The zero-order valence-corrected chi connectivity index (χ0v) is 17.3. The molecule has 152 valence electrons. The number of β-amino-alcohol motifs (C(OH)–C–C–N with tert-alkyl or cyclic N) is 1. The van der Waals surface area contributed by atoms with Crippen molar-refractivity contribution < 1.29 is 19.4 Å². The minimum absolute atomic E-state index is 0.118. The first-order valence-electron chi connectivity index (χ1n) is 9.29. The predicted octanol–water partition coefficient (Wildman–Crippen LogP) is 2.96. The van der Waals surface area contributed by atoms with Crippen LogP contribution in [0, 0.1) is 6.92 Å². The molecule has 0 aromatic heterocycles. The molecule has 0 radical (unpaired) electrons. The predicted molar refractivity (Wildman–Crippen MR) is 114 cm³/mol. The molecule has 6 nitrogen and oxygen atoms in total. The van der Waals surface area contributed by atoms with Gasteiger partial charge in [0.05, 0.1) is 31.5 Å². The van der Waals surface area contributed by atoms with Gasteiger partial charge in [0.15, 0.2) is 0 Å². The van der Waals surface area contributed by atoms with Crippen LogP contribution in [0.2, 0.25) is 0 Å². The first-order valence-corrected chi connectivity index (χ1v) is 10.3. The number of nitrogens with one attached hydrogen (secondary N) is 1. The Kier molecular flexibility index (Phi) is 6.95. The number of benzene rings is 2. The Labute approximate surface area is 174 Å². The Morgan fingerprint density at radius 3 is 2.62 bits per heavy atom. The average Bonchev–Trinajstić information content (AvgIpc) is 3.04. The van der Waals surface area contributed by atoms with Gasteiger partial charge in [-0.15, -0.1) is 11.8 Å². The number of nitrogens with zero attached hydrogens (tertiary/aromatic N) is 1. The highest BCUT2D eigenvalue weighted by molar-refractivity contribution is 7.98. The molecule has 0 fully saturated rings. The summed E-state index contributed by atoms with van der Waals surface area (Å²) < 4.78 is 4.84. The van der Waals surface area contributed by atoms with Crippen LogP contribution < -0.4 is 5.32 Å². The van der Waals surface area contributed by atoms with Gasteiger partial charge >= 0.3 is 5.97 Å². The minimum atomic E-state index is -0.550. The van der Waals surface area contributed by atoms with E-state index in [0.717, 1.165) is 16.3 Å². The summed E-state index contributed by atoms with van der Waals surface area (Å²) >= 11 is 1.65. The molecule has 0 saturated heterocycles. The van der Waals surface area contributed by atoms with Crippen LogP contribution in [0.25, 0.3) is 0 Å². The van der Waals surface area contributed by atoms with E-state index in [9.17, 15) is 14.7 Å². The molecule has 0 bridgehead atoms. The maximum absolute atomic E-state index is 12.7. The number of thioether (sulfide) groups is 1. The number of aryl methyl sites for hydroxylation is 1. The van der Waals surface area contributed by atoms with Gasteiger partial charge in [0.2, 0.25) is 0 Å². The normalized spacial score (nSPS) is 13.8. The van der Waals surface area contributed by atoms with Crippen molar-refractivity contribution in [3.8, 4) is 0 Å². The molecule has 1 amide bonds. The first kappa shape index (κ1) is 21.0. The smallest absolute Gasteiger partial charge is 0.337 e. The van der Waals surface area contributed by atoms with E-state index >= 15 is 0 Å². The summed E-state index contributed by atoms with van der Waals surface area (Å²) in [5.74, 6) is -0.0872. The molecule has 0 spiro atoms. The molecule has 1 aliphatic heterocycles. The molecule has 1 aliphatic rings. The Bertz CT molecular complexity index is 925. The third-order valence-corrected chi connectivity index (χ3v) is 5.76. The Morgan fingerprint density at radius 2 is 1.93 bits per heavy atom. The quantitative estimate of drug-likeness (QED) is 0.513. The zero-order valence-electron chi connectivity index (χ0n) is 16.5. The number of rotatable bonds is 8. The largest absolute Gasteiger partial charge is 0.466 e. The molecule has 3 rings (SSSR count). The van der Waals surface area contributed by atoms with Crippen LogP contribution in [0.1, 0.15) is 11.1 Å². The molecule has 0 saturated carbocycles. The SMILES string of the molecule is COC(=O)C1=C(Nc2ccccc2SCc2ccc(C)cc2)C(=O)N(CCO)C1. The lowest BCUT2D eigenvalue weighted by Crippen LogP contribution is -2.31. The molecule has 2 aromatic rings. The van der Waals surface area contributed by atoms with Gasteiger partial charge < -0.3 is 20.1 Å². The summed E-state index contributed by atoms with van der Waals surface area (Å²) in [4.78, 5) is 27.3. The lowest BCUT2D eigenvalue weighted by molar-refractivity contribution is -0.136. The molecule has 0 unspecified atom stereocenters. The van der Waals surface area contributed by atoms with Crippen LogP contribution in [0.15, 0.2) is 64.7 Å². The lowest BCUT2D eigenvalue weighted by Gasteiger charge is -2.16. The van der Waals surface area contributed by atoms with Crippen LogP contribution in [0.3, 0.4) is 0 Å². The Balaban J connectivity index is 1.82. The summed E-state index contributed by atoms with van der Waals surface area (Å²) in [6, 6.07) is 16.0. The number of ether oxygens (including phenoxy) is 1. The van der Waals surface area contributed by atoms with E-state index in [1.54, 1.807) is 11.8 Å². The molecular formula is C22H24N2O4S. The summed E-state index contributed by atoms with van der Waals surface area (Å²) in [6.07, 6.45) is 0. The molecular weight excluding hydrogens is 388 g/mol. The van der Waals surface area contributed by atoms with Gasteiger partial charge in [0, 0.05) is 17.2 Å². The number of carbonyl (C=O) groups excluding carboxylic acids is 2. The second-order valence-electron chi connectivity index (χ2n) is 6.69. The number of carbonyl (C=O) groups is 2. The molecule has 1 heterocycles. The Morgan fingerprint density at radius 1 is 1.21 bits per heavy atom. The van der Waals surface area contributed by atoms with Crippen LogP contribution in [-0.2, 0) is 20.1 Å². The number of hydrogen-bond donors (Lipinski definition) is 2. The number of hydrogen-bond acceptors (Lipinski definition) is 6. The first-order chi connectivity index (χ1) is 14.0. The number of amides is 1. The Hall–Kier alpha value is -2.77. The molecule has 29 heavy (non-hydrogen) atoms. The van der Waals surface area contributed by atoms with Gasteiger partial charge in [0.1, 0.15) is 5.70 Å². The highest BCUT2D eigenvalue weighted by Gasteiger charge is 2.34. The molecule has 0 aliphatic carbocycles. The van der Waals surface area contributed by atoms with Crippen LogP contribution in [0.4, 0.5) is 5.69 Å². The van der Waals surface area contributed by atoms with E-state index in [4.69, 9.17) is 4.74 Å². The van der Waals surface area contributed by atoms with Crippen LogP contribution in [-0.4, -0.2) is 48.7 Å². The van der Waals surface area contributed by atoms with Crippen molar-refractivity contribution in [1.82, 2.24) is 4.90 Å². The van der Waals surface area contributed by atoms with Crippen molar-refractivity contribution in [3.63, 3.8) is 0 Å². The van der Waals surface area contributed by atoms with E-state index in [2.05, 4.69) is 36.5 Å². The van der Waals surface area contributed by atoms with Gasteiger partial charge in [-0.25, -0.2) is 4.79 Å². The standard InChI is InChI=1S/C22H24N2O4S/c1-15-7-9-16(10-8-15)14-29-19-6-4-3-5-18(19)23-20-17(22(27)28-2)13-24(11-12-25)21(20)26/h3-10,23,25H,11-14H2,1-2H3. The number of aliphatic hydroxyl groups is 1.